The van der Waals surface area contributed by atoms with E-state index in [4.69, 9.17) is 9.47 Å². The molecule has 1 heterocycles. The lowest BCUT2D eigenvalue weighted by atomic mass is 10.1. The number of aromatic nitrogens is 1. The molecule has 16 heavy (non-hydrogen) atoms. The van der Waals surface area contributed by atoms with Crippen molar-refractivity contribution in [1.29, 1.82) is 0 Å². The summed E-state index contributed by atoms with van der Waals surface area (Å²) in [5, 5.41) is 1.16. The summed E-state index contributed by atoms with van der Waals surface area (Å²) in [7, 11) is 3.30. The molecule has 0 fully saturated rings. The molecule has 0 saturated heterocycles. The first-order valence-corrected chi connectivity index (χ1v) is 5.23. The highest BCUT2D eigenvalue weighted by Gasteiger charge is 2.09. The number of para-hydroxylation sites is 1. The van der Waals surface area contributed by atoms with Crippen LogP contribution in [0.4, 0.5) is 0 Å². The SMILES string of the molecule is COC(Cc1ccnc2ccccc12)OC. The summed E-state index contributed by atoms with van der Waals surface area (Å²) in [6, 6.07) is 10.1. The van der Waals surface area contributed by atoms with Crippen LogP contribution in [0.25, 0.3) is 10.9 Å². The lowest BCUT2D eigenvalue weighted by Gasteiger charge is -2.14. The van der Waals surface area contributed by atoms with Gasteiger partial charge in [-0.3, -0.25) is 4.98 Å². The van der Waals surface area contributed by atoms with Crippen molar-refractivity contribution < 1.29 is 9.47 Å². The van der Waals surface area contributed by atoms with E-state index in [0.29, 0.717) is 0 Å². The fourth-order valence-electron chi connectivity index (χ4n) is 1.78. The predicted octanol–water partition coefficient (Wildman–Crippen LogP) is 2.40. The monoisotopic (exact) mass is 217 g/mol. The van der Waals surface area contributed by atoms with Gasteiger partial charge < -0.3 is 9.47 Å². The molecular formula is C13H15NO2. The summed E-state index contributed by atoms with van der Waals surface area (Å²) in [6.07, 6.45) is 2.35. The summed E-state index contributed by atoms with van der Waals surface area (Å²) in [5.41, 5.74) is 2.20. The van der Waals surface area contributed by atoms with Crippen LogP contribution in [0.5, 0.6) is 0 Å². The number of nitrogens with zero attached hydrogens (tertiary/aromatic N) is 1. The molecule has 0 N–H and O–H groups in total. The minimum atomic E-state index is -0.203. The molecule has 0 saturated carbocycles. The van der Waals surface area contributed by atoms with Crippen LogP contribution in [0.15, 0.2) is 36.5 Å². The second kappa shape index (κ2) is 5.05. The van der Waals surface area contributed by atoms with Crippen molar-refractivity contribution in [3.8, 4) is 0 Å². The van der Waals surface area contributed by atoms with E-state index in [9.17, 15) is 0 Å². The van der Waals surface area contributed by atoms with E-state index >= 15 is 0 Å². The minimum Gasteiger partial charge on any atom is -0.356 e. The van der Waals surface area contributed by atoms with Crippen molar-refractivity contribution in [2.45, 2.75) is 12.7 Å². The topological polar surface area (TPSA) is 31.4 Å². The summed E-state index contributed by atoms with van der Waals surface area (Å²) >= 11 is 0. The fraction of sp³-hybridized carbons (Fsp3) is 0.308. The van der Waals surface area contributed by atoms with Gasteiger partial charge in [0.15, 0.2) is 6.29 Å². The third kappa shape index (κ3) is 2.21. The van der Waals surface area contributed by atoms with Crippen LogP contribution in [0.1, 0.15) is 5.56 Å². The van der Waals surface area contributed by atoms with E-state index in [1.54, 1.807) is 14.2 Å². The van der Waals surface area contributed by atoms with Crippen LogP contribution in [0.3, 0.4) is 0 Å². The lowest BCUT2D eigenvalue weighted by Crippen LogP contribution is -2.16. The quantitative estimate of drug-likeness (QED) is 0.737. The zero-order chi connectivity index (χ0) is 11.4. The Labute approximate surface area is 95.0 Å². The molecule has 0 aliphatic heterocycles. The van der Waals surface area contributed by atoms with Gasteiger partial charge in [0.1, 0.15) is 0 Å². The van der Waals surface area contributed by atoms with E-state index in [1.165, 1.54) is 5.56 Å². The van der Waals surface area contributed by atoms with Gasteiger partial charge in [0, 0.05) is 32.2 Å². The maximum Gasteiger partial charge on any atom is 0.160 e. The lowest BCUT2D eigenvalue weighted by molar-refractivity contribution is -0.100. The summed E-state index contributed by atoms with van der Waals surface area (Å²) in [4.78, 5) is 4.32. The molecular weight excluding hydrogens is 202 g/mol. The maximum atomic E-state index is 5.21. The first-order valence-electron chi connectivity index (χ1n) is 5.23. The number of ether oxygens (including phenoxy) is 2. The number of hydrogen-bond acceptors (Lipinski definition) is 3. The van der Waals surface area contributed by atoms with Gasteiger partial charge in [0.2, 0.25) is 0 Å². The minimum absolute atomic E-state index is 0.203. The molecule has 0 aliphatic carbocycles. The van der Waals surface area contributed by atoms with Crippen molar-refractivity contribution in [3.05, 3.63) is 42.1 Å². The fourth-order valence-corrected chi connectivity index (χ4v) is 1.78. The van der Waals surface area contributed by atoms with E-state index in [1.807, 2.05) is 30.5 Å². The Morgan fingerprint density at radius 1 is 1.12 bits per heavy atom. The van der Waals surface area contributed by atoms with Crippen LogP contribution >= 0.6 is 0 Å². The van der Waals surface area contributed by atoms with Crippen molar-refractivity contribution in [3.63, 3.8) is 0 Å². The Morgan fingerprint density at radius 3 is 2.62 bits per heavy atom. The van der Waals surface area contributed by atoms with Gasteiger partial charge in [-0.05, 0) is 17.7 Å². The molecule has 0 bridgehead atoms. The number of hydrogen-bond donors (Lipinski definition) is 0. The number of fused-ring (bicyclic) bond motifs is 1. The number of pyridine rings is 1. The first kappa shape index (κ1) is 11.0. The molecule has 84 valence electrons. The summed E-state index contributed by atoms with van der Waals surface area (Å²) < 4.78 is 10.4. The number of rotatable bonds is 4. The average molecular weight is 217 g/mol. The first-order chi connectivity index (χ1) is 7.85. The largest absolute Gasteiger partial charge is 0.356 e. The molecule has 1 aromatic carbocycles. The molecule has 2 rings (SSSR count). The molecule has 2 aromatic rings. The summed E-state index contributed by atoms with van der Waals surface area (Å²) in [5.74, 6) is 0. The standard InChI is InChI=1S/C13H15NO2/c1-15-13(16-2)9-10-7-8-14-12-6-4-3-5-11(10)12/h3-8,13H,9H2,1-2H3. The van der Waals surface area contributed by atoms with Crippen molar-refractivity contribution in [1.82, 2.24) is 4.98 Å². The van der Waals surface area contributed by atoms with Gasteiger partial charge in [-0.15, -0.1) is 0 Å². The number of benzene rings is 1. The molecule has 1 aromatic heterocycles. The van der Waals surface area contributed by atoms with Gasteiger partial charge >= 0.3 is 0 Å². The van der Waals surface area contributed by atoms with Gasteiger partial charge in [0.25, 0.3) is 0 Å². The molecule has 0 aliphatic rings. The van der Waals surface area contributed by atoms with Gasteiger partial charge in [-0.2, -0.15) is 0 Å². The molecule has 3 heteroatoms. The zero-order valence-electron chi connectivity index (χ0n) is 9.51. The van der Waals surface area contributed by atoms with Crippen LogP contribution < -0.4 is 0 Å². The van der Waals surface area contributed by atoms with E-state index in [0.717, 1.165) is 17.3 Å². The van der Waals surface area contributed by atoms with Crippen LogP contribution in [0, 0.1) is 0 Å². The Hall–Kier alpha value is -1.45. The molecule has 0 atom stereocenters. The van der Waals surface area contributed by atoms with Crippen molar-refractivity contribution in [2.75, 3.05) is 14.2 Å². The van der Waals surface area contributed by atoms with Crippen molar-refractivity contribution in [2.24, 2.45) is 0 Å². The van der Waals surface area contributed by atoms with Gasteiger partial charge in [-0.25, -0.2) is 0 Å². The molecule has 0 amide bonds. The third-order valence-corrected chi connectivity index (χ3v) is 2.65. The van der Waals surface area contributed by atoms with E-state index in [-0.39, 0.29) is 6.29 Å². The normalized spacial score (nSPS) is 11.2. The van der Waals surface area contributed by atoms with Crippen LogP contribution in [0.2, 0.25) is 0 Å². The highest BCUT2D eigenvalue weighted by Crippen LogP contribution is 2.18. The van der Waals surface area contributed by atoms with Crippen LogP contribution in [-0.4, -0.2) is 25.5 Å². The Balaban J connectivity index is 2.36. The van der Waals surface area contributed by atoms with E-state index in [2.05, 4.69) is 11.1 Å². The summed E-state index contributed by atoms with van der Waals surface area (Å²) in [6.45, 7) is 0. The molecule has 0 spiro atoms. The highest BCUT2D eigenvalue weighted by molar-refractivity contribution is 5.81. The average Bonchev–Trinajstić information content (AvgIpc) is 2.36. The Kier molecular flexibility index (Phi) is 3.49. The molecule has 0 radical (unpaired) electrons. The van der Waals surface area contributed by atoms with Crippen molar-refractivity contribution >= 4 is 10.9 Å². The second-order valence-corrected chi connectivity index (χ2v) is 3.59. The predicted molar refractivity (Wildman–Crippen MR) is 63.3 cm³/mol. The number of methoxy groups -OCH3 is 2. The van der Waals surface area contributed by atoms with Crippen LogP contribution in [-0.2, 0) is 15.9 Å². The molecule has 3 nitrogen and oxygen atoms in total. The highest BCUT2D eigenvalue weighted by atomic mass is 16.7. The Bertz CT molecular complexity index is 461. The van der Waals surface area contributed by atoms with Gasteiger partial charge in [-0.1, -0.05) is 18.2 Å². The second-order valence-electron chi connectivity index (χ2n) is 3.59. The third-order valence-electron chi connectivity index (χ3n) is 2.65. The molecule has 0 unspecified atom stereocenters. The Morgan fingerprint density at radius 2 is 1.88 bits per heavy atom. The van der Waals surface area contributed by atoms with Gasteiger partial charge in [0.05, 0.1) is 5.52 Å². The van der Waals surface area contributed by atoms with E-state index < -0.39 is 0 Å². The smallest absolute Gasteiger partial charge is 0.160 e. The maximum absolute atomic E-state index is 5.21. The zero-order valence-corrected chi connectivity index (χ0v) is 9.51.